The summed E-state index contributed by atoms with van der Waals surface area (Å²) >= 11 is 0. The molecule has 0 saturated carbocycles. The monoisotopic (exact) mass is 392 g/mol. The van der Waals surface area contributed by atoms with Gasteiger partial charge in [0.25, 0.3) is 0 Å². The van der Waals surface area contributed by atoms with Crippen molar-refractivity contribution >= 4 is 17.7 Å². The number of Topliss-reactive ketones (excluding diaryl/α,β-unsaturated/α-hetero) is 1. The summed E-state index contributed by atoms with van der Waals surface area (Å²) in [6.07, 6.45) is 2.36. The maximum Gasteiger partial charge on any atom is 0.334 e. The largest absolute Gasteiger partial charge is 0.454 e. The van der Waals surface area contributed by atoms with Gasteiger partial charge in [-0.2, -0.15) is 0 Å². The number of ether oxygens (including phenoxy) is 2. The van der Waals surface area contributed by atoms with Gasteiger partial charge < -0.3 is 14.6 Å². The van der Waals surface area contributed by atoms with Gasteiger partial charge in [0.05, 0.1) is 0 Å². The third-order valence-electron chi connectivity index (χ3n) is 4.70. The van der Waals surface area contributed by atoms with Crippen molar-refractivity contribution < 1.29 is 29.0 Å². The Morgan fingerprint density at radius 2 is 1.96 bits per heavy atom. The first kappa shape index (κ1) is 23.8. The Morgan fingerprint density at radius 1 is 1.32 bits per heavy atom. The zero-order valence-electron chi connectivity index (χ0n) is 17.7. The maximum atomic E-state index is 12.6. The smallest absolute Gasteiger partial charge is 0.334 e. The number of allylic oxidation sites excluding steroid dienone is 2. The number of carbonyl (C=O) groups excluding carboxylic acids is 3. The van der Waals surface area contributed by atoms with E-state index in [4.69, 9.17) is 9.47 Å². The van der Waals surface area contributed by atoms with Crippen LogP contribution < -0.4 is 0 Å². The Labute approximate surface area is 167 Å². The molecule has 6 nitrogen and oxygen atoms in total. The molecule has 0 radical (unpaired) electrons. The second kappa shape index (κ2) is 11.0. The van der Waals surface area contributed by atoms with E-state index in [0.29, 0.717) is 17.6 Å². The van der Waals surface area contributed by atoms with Crippen LogP contribution in [-0.2, 0) is 23.9 Å². The van der Waals surface area contributed by atoms with Gasteiger partial charge in [-0.25, -0.2) is 4.79 Å². The summed E-state index contributed by atoms with van der Waals surface area (Å²) in [6, 6.07) is 0. The molecule has 0 aromatic carbocycles. The minimum Gasteiger partial charge on any atom is -0.454 e. The first-order valence-corrected chi connectivity index (χ1v) is 9.64. The van der Waals surface area contributed by atoms with Gasteiger partial charge in [0.15, 0.2) is 11.9 Å². The summed E-state index contributed by atoms with van der Waals surface area (Å²) in [5.74, 6) is -1.43. The summed E-state index contributed by atoms with van der Waals surface area (Å²) < 4.78 is 10.9. The fourth-order valence-electron chi connectivity index (χ4n) is 2.67. The van der Waals surface area contributed by atoms with E-state index in [0.717, 1.165) is 5.57 Å². The molecule has 6 heteroatoms. The fourth-order valence-corrected chi connectivity index (χ4v) is 2.67. The minimum atomic E-state index is -1.30. The van der Waals surface area contributed by atoms with Crippen LogP contribution in [0.5, 0.6) is 0 Å². The lowest BCUT2D eigenvalue weighted by molar-refractivity contribution is -0.161. The molecular weight excluding hydrogens is 360 g/mol. The first-order chi connectivity index (χ1) is 13.1. The van der Waals surface area contributed by atoms with Crippen LogP contribution in [0.1, 0.15) is 60.8 Å². The van der Waals surface area contributed by atoms with Gasteiger partial charge in [-0.1, -0.05) is 32.1 Å². The molecule has 0 aromatic heterocycles. The maximum absolute atomic E-state index is 12.6. The lowest BCUT2D eigenvalue weighted by atomic mass is 9.97. The highest BCUT2D eigenvalue weighted by Crippen LogP contribution is 2.20. The van der Waals surface area contributed by atoms with Crippen molar-refractivity contribution in [3.05, 3.63) is 34.9 Å². The molecular formula is C22H32O6. The minimum absolute atomic E-state index is 0.0732. The third kappa shape index (κ3) is 7.08. The molecule has 3 atom stereocenters. The number of aliphatic hydroxyl groups is 1. The van der Waals surface area contributed by atoms with Gasteiger partial charge in [-0.15, -0.1) is 0 Å². The van der Waals surface area contributed by atoms with E-state index < -0.39 is 36.0 Å². The van der Waals surface area contributed by atoms with Crippen LogP contribution >= 0.6 is 0 Å². The molecule has 28 heavy (non-hydrogen) atoms. The Bertz CT molecular complexity index is 683. The van der Waals surface area contributed by atoms with Gasteiger partial charge in [0, 0.05) is 24.8 Å². The van der Waals surface area contributed by atoms with E-state index in [1.54, 1.807) is 19.9 Å². The molecule has 0 unspecified atom stereocenters. The predicted octanol–water partition coefficient (Wildman–Crippen LogP) is 3.44. The summed E-state index contributed by atoms with van der Waals surface area (Å²) in [7, 11) is 0. The Hall–Kier alpha value is -2.21. The first-order valence-electron chi connectivity index (χ1n) is 9.64. The summed E-state index contributed by atoms with van der Waals surface area (Å²) in [5, 5.41) is 10.7. The number of aliphatic hydroxyl groups excluding tert-OH is 1. The van der Waals surface area contributed by atoms with Crippen molar-refractivity contribution in [1.29, 1.82) is 0 Å². The number of hydrogen-bond donors (Lipinski definition) is 1. The van der Waals surface area contributed by atoms with Crippen LogP contribution in [0.15, 0.2) is 34.9 Å². The van der Waals surface area contributed by atoms with E-state index in [1.165, 1.54) is 6.08 Å². The molecule has 1 rings (SSSR count). The van der Waals surface area contributed by atoms with Gasteiger partial charge in [0.2, 0.25) is 0 Å². The quantitative estimate of drug-likeness (QED) is 0.582. The Balaban J connectivity index is 3.22. The molecule has 1 aliphatic heterocycles. The van der Waals surface area contributed by atoms with Crippen LogP contribution in [0, 0.1) is 5.92 Å². The summed E-state index contributed by atoms with van der Waals surface area (Å²) in [4.78, 5) is 37.0. The summed E-state index contributed by atoms with van der Waals surface area (Å²) in [6.45, 7) is 10.7. The van der Waals surface area contributed by atoms with Crippen LogP contribution in [-0.4, -0.2) is 41.1 Å². The highest BCUT2D eigenvalue weighted by atomic mass is 16.6. The lowest BCUT2D eigenvalue weighted by Gasteiger charge is -2.24. The van der Waals surface area contributed by atoms with Crippen molar-refractivity contribution in [3.8, 4) is 0 Å². The number of carbonyl (C=O) groups is 3. The van der Waals surface area contributed by atoms with Crippen LogP contribution in [0.3, 0.4) is 0 Å². The standard InChI is InChI=1S/C22H32O6/c1-7-14(4)18-11-9-15(5)20(25)21(28-19(24)12-13(2)3)17(23)10-8-16(6)22(26)27-18/h7-9,13,18,20-21,25H,10-12H2,1-6H3/b14-7-,15-9-,16-8-/t18-,20-,21-/m1/s1. The van der Waals surface area contributed by atoms with Crippen molar-refractivity contribution in [1.82, 2.24) is 0 Å². The second-order valence-electron chi connectivity index (χ2n) is 7.62. The van der Waals surface area contributed by atoms with E-state index in [9.17, 15) is 19.5 Å². The highest BCUT2D eigenvalue weighted by Gasteiger charge is 2.32. The average Bonchev–Trinajstić information content (AvgIpc) is 2.63. The molecule has 0 spiro atoms. The number of hydrogen-bond acceptors (Lipinski definition) is 6. The highest BCUT2D eigenvalue weighted by molar-refractivity contribution is 5.91. The van der Waals surface area contributed by atoms with Crippen molar-refractivity contribution in [3.63, 3.8) is 0 Å². The SMILES string of the molecule is C/C=C(/C)[C@H]1C/C=C(/C)[C@@H](O)[C@H](OC(=O)CC(C)C)C(=O)C/C=C(/C)C(=O)O1. The fraction of sp³-hybridized carbons (Fsp3) is 0.591. The molecule has 0 aliphatic carbocycles. The molecule has 0 saturated heterocycles. The summed E-state index contributed by atoms with van der Waals surface area (Å²) in [5.41, 5.74) is 1.67. The third-order valence-corrected chi connectivity index (χ3v) is 4.70. The molecule has 156 valence electrons. The van der Waals surface area contributed by atoms with Crippen LogP contribution in [0.2, 0.25) is 0 Å². The normalized spacial score (nSPS) is 29.0. The van der Waals surface area contributed by atoms with Gasteiger partial charge >= 0.3 is 11.9 Å². The molecule has 1 N–H and O–H groups in total. The van der Waals surface area contributed by atoms with E-state index in [1.807, 2.05) is 33.8 Å². The van der Waals surface area contributed by atoms with Crippen LogP contribution in [0.25, 0.3) is 0 Å². The van der Waals surface area contributed by atoms with E-state index >= 15 is 0 Å². The molecule has 0 fully saturated rings. The van der Waals surface area contributed by atoms with Crippen molar-refractivity contribution in [2.75, 3.05) is 0 Å². The van der Waals surface area contributed by atoms with E-state index in [2.05, 4.69) is 0 Å². The molecule has 1 aliphatic rings. The molecule has 1 heterocycles. The number of rotatable bonds is 4. The lowest BCUT2D eigenvalue weighted by Crippen LogP contribution is -2.39. The average molecular weight is 392 g/mol. The number of esters is 2. The Morgan fingerprint density at radius 3 is 2.54 bits per heavy atom. The zero-order chi connectivity index (χ0) is 21.4. The van der Waals surface area contributed by atoms with Crippen molar-refractivity contribution in [2.24, 2.45) is 5.92 Å². The van der Waals surface area contributed by atoms with Crippen LogP contribution in [0.4, 0.5) is 0 Å². The van der Waals surface area contributed by atoms with Crippen molar-refractivity contribution in [2.45, 2.75) is 79.1 Å². The predicted molar refractivity (Wildman–Crippen MR) is 106 cm³/mol. The topological polar surface area (TPSA) is 89.9 Å². The molecule has 0 bridgehead atoms. The van der Waals surface area contributed by atoms with Gasteiger partial charge in [0.1, 0.15) is 12.2 Å². The molecule has 0 aromatic rings. The Kier molecular flexibility index (Phi) is 9.32. The zero-order valence-corrected chi connectivity index (χ0v) is 17.7. The second-order valence-corrected chi connectivity index (χ2v) is 7.62. The van der Waals surface area contributed by atoms with E-state index in [-0.39, 0.29) is 18.8 Å². The number of ketones is 1. The van der Waals surface area contributed by atoms with Gasteiger partial charge in [-0.3, -0.25) is 9.59 Å². The number of cyclic esters (lactones) is 1. The molecule has 0 amide bonds. The van der Waals surface area contributed by atoms with Gasteiger partial charge in [-0.05, 0) is 44.8 Å².